The maximum atomic E-state index is 12.0. The van der Waals surface area contributed by atoms with Crippen molar-refractivity contribution >= 4 is 5.91 Å². The summed E-state index contributed by atoms with van der Waals surface area (Å²) in [5.41, 5.74) is 6.49. The second kappa shape index (κ2) is 5.19. The van der Waals surface area contributed by atoms with Gasteiger partial charge in [0.15, 0.2) is 0 Å². The second-order valence-corrected chi connectivity index (χ2v) is 4.49. The number of carbonyl (C=O) groups excluding carboxylic acids is 1. The zero-order valence-electron chi connectivity index (χ0n) is 9.98. The smallest absolute Gasteiger partial charge is 0.231 e. The van der Waals surface area contributed by atoms with Crippen molar-refractivity contribution in [2.45, 2.75) is 12.8 Å². The first kappa shape index (κ1) is 11.9. The summed E-state index contributed by atoms with van der Waals surface area (Å²) in [6.07, 6.45) is 0. The van der Waals surface area contributed by atoms with Gasteiger partial charge in [-0.1, -0.05) is 25.1 Å². The predicted octanol–water partition coefficient (Wildman–Crippen LogP) is 0.874. The van der Waals surface area contributed by atoms with Crippen LogP contribution in [0.2, 0.25) is 0 Å². The van der Waals surface area contributed by atoms with E-state index in [-0.39, 0.29) is 11.8 Å². The highest BCUT2D eigenvalue weighted by molar-refractivity contribution is 5.85. The number of nitrogens with one attached hydrogen (secondary N) is 1. The van der Waals surface area contributed by atoms with Crippen LogP contribution in [0.5, 0.6) is 5.75 Å². The van der Waals surface area contributed by atoms with Gasteiger partial charge in [0.2, 0.25) is 5.91 Å². The Morgan fingerprint density at radius 2 is 2.35 bits per heavy atom. The van der Waals surface area contributed by atoms with Crippen molar-refractivity contribution in [2.75, 3.05) is 19.7 Å². The lowest BCUT2D eigenvalue weighted by Crippen LogP contribution is -2.35. The van der Waals surface area contributed by atoms with Gasteiger partial charge in [-0.25, -0.2) is 0 Å². The number of hydrogen-bond donors (Lipinski definition) is 2. The number of carbonyl (C=O) groups is 1. The molecular formula is C13H18N2O2. The summed E-state index contributed by atoms with van der Waals surface area (Å²) in [5, 5.41) is 2.92. The standard InChI is InChI=1S/C13H18N2O2/c1-9(6-14)7-15-13(16)11-8-17-12-5-3-2-4-10(11)12/h2-5,9,11H,6-8,14H2,1H3,(H,15,16). The van der Waals surface area contributed by atoms with Crippen molar-refractivity contribution in [3.05, 3.63) is 29.8 Å². The highest BCUT2D eigenvalue weighted by atomic mass is 16.5. The topological polar surface area (TPSA) is 64.3 Å². The van der Waals surface area contributed by atoms with Gasteiger partial charge in [0.1, 0.15) is 18.3 Å². The van der Waals surface area contributed by atoms with Gasteiger partial charge >= 0.3 is 0 Å². The third kappa shape index (κ3) is 2.58. The molecule has 0 radical (unpaired) electrons. The normalized spacial score (nSPS) is 19.3. The summed E-state index contributed by atoms with van der Waals surface area (Å²) in [4.78, 5) is 12.0. The van der Waals surface area contributed by atoms with Crippen molar-refractivity contribution in [3.63, 3.8) is 0 Å². The van der Waals surface area contributed by atoms with Crippen LogP contribution >= 0.6 is 0 Å². The summed E-state index contributed by atoms with van der Waals surface area (Å²) < 4.78 is 5.48. The summed E-state index contributed by atoms with van der Waals surface area (Å²) in [6.45, 7) is 3.65. The number of ether oxygens (including phenoxy) is 1. The van der Waals surface area contributed by atoms with Crippen molar-refractivity contribution in [2.24, 2.45) is 11.7 Å². The quantitative estimate of drug-likeness (QED) is 0.812. The molecule has 4 heteroatoms. The maximum Gasteiger partial charge on any atom is 0.231 e. The average molecular weight is 234 g/mol. The van der Waals surface area contributed by atoms with Crippen LogP contribution in [0.15, 0.2) is 24.3 Å². The van der Waals surface area contributed by atoms with Gasteiger partial charge in [0.25, 0.3) is 0 Å². The van der Waals surface area contributed by atoms with E-state index in [1.54, 1.807) is 0 Å². The molecule has 1 aliphatic heterocycles. The van der Waals surface area contributed by atoms with Gasteiger partial charge in [0.05, 0.1) is 0 Å². The molecule has 0 spiro atoms. The zero-order valence-corrected chi connectivity index (χ0v) is 9.98. The average Bonchev–Trinajstić information content (AvgIpc) is 2.79. The second-order valence-electron chi connectivity index (χ2n) is 4.49. The Bertz CT molecular complexity index is 406. The summed E-state index contributed by atoms with van der Waals surface area (Å²) >= 11 is 0. The van der Waals surface area contributed by atoms with Crippen molar-refractivity contribution < 1.29 is 9.53 Å². The third-order valence-corrected chi connectivity index (χ3v) is 3.04. The summed E-state index contributed by atoms with van der Waals surface area (Å²) in [5.74, 6) is 0.961. The molecule has 3 N–H and O–H groups in total. The van der Waals surface area contributed by atoms with Crippen LogP contribution < -0.4 is 15.8 Å². The molecule has 0 saturated carbocycles. The van der Waals surface area contributed by atoms with Gasteiger partial charge < -0.3 is 15.8 Å². The van der Waals surface area contributed by atoms with Gasteiger partial charge in [0, 0.05) is 12.1 Å². The minimum Gasteiger partial charge on any atom is -0.492 e. The first-order valence-corrected chi connectivity index (χ1v) is 5.92. The highest BCUT2D eigenvalue weighted by Gasteiger charge is 2.29. The number of fused-ring (bicyclic) bond motifs is 1. The Morgan fingerprint density at radius 1 is 1.59 bits per heavy atom. The molecule has 1 aromatic rings. The van der Waals surface area contributed by atoms with Crippen LogP contribution in [0.4, 0.5) is 0 Å². The number of para-hydroxylation sites is 1. The van der Waals surface area contributed by atoms with E-state index in [1.807, 2.05) is 31.2 Å². The van der Waals surface area contributed by atoms with Crippen LogP contribution in [0.25, 0.3) is 0 Å². The molecule has 0 aromatic heterocycles. The fourth-order valence-corrected chi connectivity index (χ4v) is 1.86. The monoisotopic (exact) mass is 234 g/mol. The van der Waals surface area contributed by atoms with Gasteiger partial charge in [-0.3, -0.25) is 4.79 Å². The van der Waals surface area contributed by atoms with Crippen molar-refractivity contribution in [1.29, 1.82) is 0 Å². The molecule has 1 heterocycles. The summed E-state index contributed by atoms with van der Waals surface area (Å²) in [7, 11) is 0. The van der Waals surface area contributed by atoms with E-state index in [2.05, 4.69) is 5.32 Å². The lowest BCUT2D eigenvalue weighted by molar-refractivity contribution is -0.122. The van der Waals surface area contributed by atoms with Gasteiger partial charge in [-0.15, -0.1) is 0 Å². The molecule has 1 aliphatic rings. The van der Waals surface area contributed by atoms with E-state index in [0.717, 1.165) is 11.3 Å². The van der Waals surface area contributed by atoms with Crippen molar-refractivity contribution in [3.8, 4) is 5.75 Å². The molecule has 2 rings (SSSR count). The molecule has 4 nitrogen and oxygen atoms in total. The SMILES string of the molecule is CC(CN)CNC(=O)C1COc2ccccc21. The number of rotatable bonds is 4. The molecule has 1 amide bonds. The molecular weight excluding hydrogens is 216 g/mol. The number of amides is 1. The molecule has 2 atom stereocenters. The zero-order chi connectivity index (χ0) is 12.3. The molecule has 92 valence electrons. The summed E-state index contributed by atoms with van der Waals surface area (Å²) in [6, 6.07) is 7.68. The van der Waals surface area contributed by atoms with Crippen LogP contribution in [0.1, 0.15) is 18.4 Å². The van der Waals surface area contributed by atoms with Gasteiger partial charge in [-0.05, 0) is 18.5 Å². The van der Waals surface area contributed by atoms with E-state index in [1.165, 1.54) is 0 Å². The minimum atomic E-state index is -0.184. The van der Waals surface area contributed by atoms with Crippen LogP contribution in [-0.4, -0.2) is 25.6 Å². The molecule has 0 fully saturated rings. The number of hydrogen-bond acceptors (Lipinski definition) is 3. The largest absolute Gasteiger partial charge is 0.492 e. The predicted molar refractivity (Wildman–Crippen MR) is 65.9 cm³/mol. The van der Waals surface area contributed by atoms with Gasteiger partial charge in [-0.2, -0.15) is 0 Å². The molecule has 0 bridgehead atoms. The van der Waals surface area contributed by atoms with Crippen LogP contribution in [0, 0.1) is 5.92 Å². The van der Waals surface area contributed by atoms with E-state index >= 15 is 0 Å². The fraction of sp³-hybridized carbons (Fsp3) is 0.462. The Morgan fingerprint density at radius 3 is 3.12 bits per heavy atom. The molecule has 2 unspecified atom stereocenters. The van der Waals surface area contributed by atoms with E-state index < -0.39 is 0 Å². The molecule has 1 aromatic carbocycles. The lowest BCUT2D eigenvalue weighted by atomic mass is 10.0. The molecule has 17 heavy (non-hydrogen) atoms. The Labute approximate surface area is 101 Å². The van der Waals surface area contributed by atoms with E-state index in [0.29, 0.717) is 25.6 Å². The Kier molecular flexibility index (Phi) is 3.64. The van der Waals surface area contributed by atoms with E-state index in [4.69, 9.17) is 10.5 Å². The molecule has 0 aliphatic carbocycles. The Hall–Kier alpha value is -1.55. The number of nitrogens with two attached hydrogens (primary N) is 1. The van der Waals surface area contributed by atoms with Crippen LogP contribution in [-0.2, 0) is 4.79 Å². The number of benzene rings is 1. The third-order valence-electron chi connectivity index (χ3n) is 3.04. The molecule has 0 saturated heterocycles. The Balaban J connectivity index is 1.98. The van der Waals surface area contributed by atoms with E-state index in [9.17, 15) is 4.79 Å². The van der Waals surface area contributed by atoms with Crippen LogP contribution in [0.3, 0.4) is 0 Å². The maximum absolute atomic E-state index is 12.0. The first-order chi connectivity index (χ1) is 8.22. The first-order valence-electron chi connectivity index (χ1n) is 5.92. The van der Waals surface area contributed by atoms with Crippen molar-refractivity contribution in [1.82, 2.24) is 5.32 Å². The highest BCUT2D eigenvalue weighted by Crippen LogP contribution is 2.33. The lowest BCUT2D eigenvalue weighted by Gasteiger charge is -2.13. The fourth-order valence-electron chi connectivity index (χ4n) is 1.86. The minimum absolute atomic E-state index is 0.0234.